The van der Waals surface area contributed by atoms with Crippen molar-refractivity contribution in [2.24, 2.45) is 11.8 Å². The van der Waals surface area contributed by atoms with Crippen LogP contribution in [0.15, 0.2) is 92.4 Å². The van der Waals surface area contributed by atoms with E-state index in [2.05, 4.69) is 80.2 Å². The summed E-state index contributed by atoms with van der Waals surface area (Å²) in [4.78, 5) is 0. The Morgan fingerprint density at radius 2 is 1.23 bits per heavy atom. The van der Waals surface area contributed by atoms with Gasteiger partial charge in [-0.1, -0.05) is 73.9 Å². The number of rotatable bonds is 13. The molecule has 0 amide bonds. The Morgan fingerprint density at radius 1 is 0.674 bits per heavy atom. The van der Waals surface area contributed by atoms with Crippen LogP contribution in [0, 0.1) is 42.4 Å². The van der Waals surface area contributed by atoms with Crippen molar-refractivity contribution in [2.75, 3.05) is 20.2 Å². The summed E-state index contributed by atoms with van der Waals surface area (Å²) in [5.41, 5.74) is 7.56. The van der Waals surface area contributed by atoms with Gasteiger partial charge >= 0.3 is 0 Å². The van der Waals surface area contributed by atoms with E-state index in [1.54, 1.807) is 0 Å². The zero-order chi connectivity index (χ0) is 30.1. The van der Waals surface area contributed by atoms with Crippen molar-refractivity contribution >= 4 is 0 Å². The van der Waals surface area contributed by atoms with Gasteiger partial charge in [-0.15, -0.1) is 0 Å². The zero-order valence-electron chi connectivity index (χ0n) is 25.3. The number of ether oxygens (including phenoxy) is 4. The van der Waals surface area contributed by atoms with E-state index in [0.29, 0.717) is 19.3 Å². The van der Waals surface area contributed by atoms with E-state index < -0.39 is 0 Å². The Kier molecular flexibility index (Phi) is 13.0. The van der Waals surface area contributed by atoms with Crippen molar-refractivity contribution in [3.05, 3.63) is 131 Å². The largest absolute Gasteiger partial charge is 0.476 e. The first-order valence-corrected chi connectivity index (χ1v) is 15.1. The molecule has 0 saturated heterocycles. The maximum Gasteiger partial charge on any atom is 0.188 e. The van der Waals surface area contributed by atoms with E-state index in [-0.39, 0.29) is 6.79 Å². The summed E-state index contributed by atoms with van der Waals surface area (Å²) in [5.74, 6) is 14.7. The maximum atomic E-state index is 5.57. The summed E-state index contributed by atoms with van der Waals surface area (Å²) in [7, 11) is 0. The molecule has 0 radical (unpaired) electrons. The van der Waals surface area contributed by atoms with Gasteiger partial charge in [-0.3, -0.25) is 0 Å². The molecule has 1 saturated carbocycles. The summed E-state index contributed by atoms with van der Waals surface area (Å²) >= 11 is 0. The van der Waals surface area contributed by atoms with Crippen molar-refractivity contribution in [1.82, 2.24) is 0 Å². The molecule has 0 bridgehead atoms. The average Bonchev–Trinajstić information content (AvgIpc) is 3.04. The van der Waals surface area contributed by atoms with E-state index in [1.165, 1.54) is 50.2 Å². The van der Waals surface area contributed by atoms with Crippen molar-refractivity contribution in [3.63, 3.8) is 0 Å². The summed E-state index contributed by atoms with van der Waals surface area (Å²) in [6, 6.07) is 23.0. The molecule has 3 aromatic carbocycles. The van der Waals surface area contributed by atoms with Gasteiger partial charge in [0.05, 0.1) is 25.7 Å². The first kappa shape index (κ1) is 31.7. The van der Waals surface area contributed by atoms with Crippen LogP contribution in [0.5, 0.6) is 0 Å². The van der Waals surface area contributed by atoms with E-state index >= 15 is 0 Å². The lowest BCUT2D eigenvalue weighted by Crippen LogP contribution is -2.19. The molecule has 4 rings (SSSR count). The molecule has 0 atom stereocenters. The molecule has 43 heavy (non-hydrogen) atoms. The molecular formula is C39H42O4. The molecule has 0 N–H and O–H groups in total. The van der Waals surface area contributed by atoms with Gasteiger partial charge in [0.25, 0.3) is 0 Å². The second-order valence-corrected chi connectivity index (χ2v) is 11.0. The highest BCUT2D eigenvalue weighted by atomic mass is 16.7. The van der Waals surface area contributed by atoms with Gasteiger partial charge < -0.3 is 18.9 Å². The fourth-order valence-corrected chi connectivity index (χ4v) is 5.23. The van der Waals surface area contributed by atoms with Gasteiger partial charge in [-0.2, -0.15) is 0 Å². The molecule has 0 heterocycles. The van der Waals surface area contributed by atoms with Crippen LogP contribution in [-0.2, 0) is 32.0 Å². The Bertz CT molecular complexity index is 1420. The molecule has 4 heteroatoms. The Morgan fingerprint density at radius 3 is 1.88 bits per heavy atom. The van der Waals surface area contributed by atoms with Crippen LogP contribution < -0.4 is 0 Å². The highest BCUT2D eigenvalue weighted by molar-refractivity contribution is 5.51. The predicted octanol–water partition coefficient (Wildman–Crippen LogP) is 8.30. The summed E-state index contributed by atoms with van der Waals surface area (Å²) in [6.07, 6.45) is 10.2. The summed E-state index contributed by atoms with van der Waals surface area (Å²) in [6.45, 7) is 10.9. The van der Waals surface area contributed by atoms with Crippen LogP contribution in [-0.4, -0.2) is 20.2 Å². The number of aryl methyl sites for hydroxylation is 2. The van der Waals surface area contributed by atoms with Gasteiger partial charge in [-0.25, -0.2) is 0 Å². The van der Waals surface area contributed by atoms with Crippen LogP contribution >= 0.6 is 0 Å². The number of hydrogen-bond acceptors (Lipinski definition) is 4. The minimum atomic E-state index is 0.199. The lowest BCUT2D eigenvalue weighted by molar-refractivity contribution is -0.0322. The van der Waals surface area contributed by atoms with Crippen molar-refractivity contribution in [1.29, 1.82) is 0 Å². The highest BCUT2D eigenvalue weighted by Crippen LogP contribution is 2.31. The summed E-state index contributed by atoms with van der Waals surface area (Å²) < 4.78 is 21.0. The molecule has 4 nitrogen and oxygen atoms in total. The minimum Gasteiger partial charge on any atom is -0.476 e. The molecule has 1 aliphatic rings. The standard InChI is InChI=1S/C39H42O4/c1-4-40-29-42-27-37-18-13-34(14-19-37)11-8-32-6-9-33(10-7-32)12-17-36-23-25-39(31(3)26-36)24-22-35-15-20-38(21-16-35)28-43-30-41-5-2/h4-7,9-10,15-16,20-21,23,25-26,34,37H,1-2,8,11,13-14,18-19,27-30H2,3H3. The third-order valence-corrected chi connectivity index (χ3v) is 7.80. The van der Waals surface area contributed by atoms with Crippen LogP contribution in [0.1, 0.15) is 71.0 Å². The Balaban J connectivity index is 1.22. The molecule has 0 aromatic heterocycles. The average molecular weight is 575 g/mol. The van der Waals surface area contributed by atoms with Crippen LogP contribution in [0.25, 0.3) is 0 Å². The Hall–Kier alpha value is -4.22. The van der Waals surface area contributed by atoms with E-state index in [4.69, 9.17) is 18.9 Å². The molecule has 0 aliphatic heterocycles. The first-order valence-electron chi connectivity index (χ1n) is 15.1. The molecule has 222 valence electrons. The zero-order valence-corrected chi connectivity index (χ0v) is 25.3. The second kappa shape index (κ2) is 17.7. The third kappa shape index (κ3) is 11.2. The van der Waals surface area contributed by atoms with Crippen molar-refractivity contribution in [3.8, 4) is 23.7 Å². The second-order valence-electron chi connectivity index (χ2n) is 11.0. The van der Waals surface area contributed by atoms with E-state index in [1.807, 2.05) is 30.3 Å². The predicted molar refractivity (Wildman–Crippen MR) is 173 cm³/mol. The van der Waals surface area contributed by atoms with Gasteiger partial charge in [0.2, 0.25) is 0 Å². The van der Waals surface area contributed by atoms with E-state index in [9.17, 15) is 0 Å². The van der Waals surface area contributed by atoms with Crippen molar-refractivity contribution < 1.29 is 18.9 Å². The van der Waals surface area contributed by atoms with Gasteiger partial charge in [-0.05, 0) is 104 Å². The number of hydrogen-bond donors (Lipinski definition) is 0. The molecule has 1 fully saturated rings. The highest BCUT2D eigenvalue weighted by Gasteiger charge is 2.21. The van der Waals surface area contributed by atoms with Crippen LogP contribution in [0.3, 0.4) is 0 Å². The fourth-order valence-electron chi connectivity index (χ4n) is 5.23. The normalized spacial score (nSPS) is 15.7. The monoisotopic (exact) mass is 574 g/mol. The molecule has 0 unspecified atom stereocenters. The lowest BCUT2D eigenvalue weighted by atomic mass is 9.80. The van der Waals surface area contributed by atoms with Crippen LogP contribution in [0.4, 0.5) is 0 Å². The summed E-state index contributed by atoms with van der Waals surface area (Å²) in [5, 5.41) is 0. The SMILES string of the molecule is C=COCOCc1ccc(C#Cc2ccc(C#Cc3ccc(CCC4CCC(COCOC=C)CC4)cc3)cc2C)cc1. The van der Waals surface area contributed by atoms with Gasteiger partial charge in [0.1, 0.15) is 0 Å². The van der Waals surface area contributed by atoms with Crippen LogP contribution in [0.2, 0.25) is 0 Å². The Labute approximate surface area is 257 Å². The molecule has 0 spiro atoms. The van der Waals surface area contributed by atoms with Crippen molar-refractivity contribution in [2.45, 2.75) is 52.1 Å². The van der Waals surface area contributed by atoms with Gasteiger partial charge in [0, 0.05) is 22.3 Å². The molecule has 3 aromatic rings. The quantitative estimate of drug-likeness (QED) is 0.0891. The van der Waals surface area contributed by atoms with E-state index in [0.717, 1.165) is 52.3 Å². The third-order valence-electron chi connectivity index (χ3n) is 7.80. The topological polar surface area (TPSA) is 36.9 Å². The van der Waals surface area contributed by atoms with Gasteiger partial charge in [0.15, 0.2) is 13.6 Å². The molecule has 1 aliphatic carbocycles. The first-order chi connectivity index (χ1) is 21.1. The lowest BCUT2D eigenvalue weighted by Gasteiger charge is -2.28. The maximum absolute atomic E-state index is 5.57. The smallest absolute Gasteiger partial charge is 0.188 e. The molecular weight excluding hydrogens is 532 g/mol. The number of benzene rings is 3. The minimum absolute atomic E-state index is 0.199. The fraction of sp³-hybridized carbons (Fsp3) is 0.333.